The minimum atomic E-state index is 0. The first-order valence-corrected chi connectivity index (χ1v) is 6.08. The topological polar surface area (TPSA) is 41.1 Å². The fourth-order valence-electron chi connectivity index (χ4n) is 2.27. The summed E-state index contributed by atoms with van der Waals surface area (Å²) in [5, 5.41) is 3.24. The molecule has 1 fully saturated rings. The van der Waals surface area contributed by atoms with E-state index in [0.717, 1.165) is 31.2 Å². The summed E-state index contributed by atoms with van der Waals surface area (Å²) in [6, 6.07) is 2.55. The first-order chi connectivity index (χ1) is 7.85. The van der Waals surface area contributed by atoms with Crippen molar-refractivity contribution in [3.05, 3.63) is 18.0 Å². The molecule has 1 N–H and O–H groups in total. The molecular weight excluding hydrogens is 200 g/mol. The van der Waals surface area contributed by atoms with Gasteiger partial charge in [-0.25, -0.2) is 9.97 Å². The number of aryl methyl sites for hydroxylation is 1. The smallest absolute Gasteiger partial charge is 0.225 e. The third-order valence-corrected chi connectivity index (χ3v) is 3.14. The molecule has 1 aromatic rings. The van der Waals surface area contributed by atoms with Crippen LogP contribution in [-0.2, 0) is 6.42 Å². The highest BCUT2D eigenvalue weighted by Crippen LogP contribution is 2.21. The van der Waals surface area contributed by atoms with Crippen LogP contribution in [0.2, 0.25) is 0 Å². The molecule has 0 aromatic carbocycles. The molecule has 0 radical (unpaired) electrons. The van der Waals surface area contributed by atoms with E-state index in [4.69, 9.17) is 0 Å². The second-order valence-electron chi connectivity index (χ2n) is 4.25. The quantitative estimate of drug-likeness (QED) is 0.837. The summed E-state index contributed by atoms with van der Waals surface area (Å²) in [7, 11) is 2.00. The number of likely N-dealkylation sites (N-methyl/N-ethyl adjacent to an activating group) is 1. The summed E-state index contributed by atoms with van der Waals surface area (Å²) >= 11 is 0. The Morgan fingerprint density at radius 3 is 3.25 bits per heavy atom. The predicted molar refractivity (Wildman–Crippen MR) is 67.8 cm³/mol. The van der Waals surface area contributed by atoms with Gasteiger partial charge in [0.05, 0.1) is 0 Å². The third-order valence-electron chi connectivity index (χ3n) is 3.14. The van der Waals surface area contributed by atoms with Crippen molar-refractivity contribution in [3.63, 3.8) is 0 Å². The van der Waals surface area contributed by atoms with Crippen molar-refractivity contribution < 1.29 is 1.43 Å². The fourth-order valence-corrected chi connectivity index (χ4v) is 2.27. The molecule has 2 heterocycles. The Kier molecular flexibility index (Phi) is 3.72. The highest BCUT2D eigenvalue weighted by atomic mass is 15.3. The molecule has 0 bridgehead atoms. The Labute approximate surface area is 98.6 Å². The average Bonchev–Trinajstić information content (AvgIpc) is 2.78. The first-order valence-electron chi connectivity index (χ1n) is 6.08. The Hall–Kier alpha value is -1.16. The zero-order valence-electron chi connectivity index (χ0n) is 10.1. The van der Waals surface area contributed by atoms with Gasteiger partial charge < -0.3 is 10.2 Å². The van der Waals surface area contributed by atoms with Crippen LogP contribution in [0.25, 0.3) is 0 Å². The standard InChI is InChI=1S/C12H20N4.H2/c1-3-10-6-7-14-12(15-10)16-8-4-5-11(16)9-13-2;/h6-7,11,13H,3-5,8-9H2,1-2H3;1H/t11-;/m1./s1. The second-order valence-corrected chi connectivity index (χ2v) is 4.25. The summed E-state index contributed by atoms with van der Waals surface area (Å²) in [5.41, 5.74) is 1.13. The molecule has 1 saturated heterocycles. The molecule has 0 saturated carbocycles. The zero-order valence-corrected chi connectivity index (χ0v) is 10.1. The van der Waals surface area contributed by atoms with Crippen LogP contribution in [0.5, 0.6) is 0 Å². The van der Waals surface area contributed by atoms with Crippen molar-refractivity contribution in [2.45, 2.75) is 32.2 Å². The third kappa shape index (κ3) is 2.32. The highest BCUT2D eigenvalue weighted by Gasteiger charge is 2.25. The Bertz CT molecular complexity index is 345. The van der Waals surface area contributed by atoms with Crippen molar-refractivity contribution >= 4 is 5.95 Å². The van der Waals surface area contributed by atoms with Crippen molar-refractivity contribution in [1.29, 1.82) is 0 Å². The van der Waals surface area contributed by atoms with Crippen molar-refractivity contribution in [3.8, 4) is 0 Å². The highest BCUT2D eigenvalue weighted by molar-refractivity contribution is 5.34. The number of hydrogen-bond acceptors (Lipinski definition) is 4. The van der Waals surface area contributed by atoms with Crippen molar-refractivity contribution in [2.75, 3.05) is 25.0 Å². The normalized spacial score (nSPS) is 20.4. The lowest BCUT2D eigenvalue weighted by molar-refractivity contribution is 0.606. The molecule has 90 valence electrons. The van der Waals surface area contributed by atoms with Crippen LogP contribution in [0, 0.1) is 0 Å². The number of aromatic nitrogens is 2. The van der Waals surface area contributed by atoms with E-state index >= 15 is 0 Å². The van der Waals surface area contributed by atoms with Gasteiger partial charge in [-0.05, 0) is 32.4 Å². The molecule has 1 aliphatic rings. The molecule has 1 aliphatic heterocycles. The predicted octanol–water partition coefficient (Wildman–Crippen LogP) is 1.47. The van der Waals surface area contributed by atoms with E-state index in [2.05, 4.69) is 27.1 Å². The maximum atomic E-state index is 4.59. The summed E-state index contributed by atoms with van der Waals surface area (Å²) in [4.78, 5) is 11.3. The second kappa shape index (κ2) is 5.25. The van der Waals surface area contributed by atoms with Gasteiger partial charge >= 0.3 is 0 Å². The van der Waals surface area contributed by atoms with Gasteiger partial charge in [-0.15, -0.1) is 0 Å². The van der Waals surface area contributed by atoms with Gasteiger partial charge in [-0.2, -0.15) is 0 Å². The van der Waals surface area contributed by atoms with E-state index in [1.807, 2.05) is 19.3 Å². The van der Waals surface area contributed by atoms with E-state index in [1.165, 1.54) is 12.8 Å². The maximum absolute atomic E-state index is 4.59. The molecule has 0 unspecified atom stereocenters. The summed E-state index contributed by atoms with van der Waals surface area (Å²) < 4.78 is 0. The molecule has 1 atom stereocenters. The average molecular weight is 222 g/mol. The van der Waals surface area contributed by atoms with Gasteiger partial charge in [0.15, 0.2) is 0 Å². The maximum Gasteiger partial charge on any atom is 0.225 e. The molecular formula is C12H22N4. The largest absolute Gasteiger partial charge is 0.337 e. The minimum absolute atomic E-state index is 0. The summed E-state index contributed by atoms with van der Waals surface area (Å²) in [5.74, 6) is 0.900. The van der Waals surface area contributed by atoms with Crippen LogP contribution in [0.1, 0.15) is 26.9 Å². The zero-order chi connectivity index (χ0) is 11.4. The molecule has 0 spiro atoms. The van der Waals surface area contributed by atoms with Crippen LogP contribution in [-0.4, -0.2) is 36.1 Å². The van der Waals surface area contributed by atoms with Gasteiger partial charge in [0.2, 0.25) is 5.95 Å². The molecule has 2 rings (SSSR count). The van der Waals surface area contributed by atoms with Crippen molar-refractivity contribution in [2.24, 2.45) is 0 Å². The van der Waals surface area contributed by atoms with Crippen LogP contribution in [0.4, 0.5) is 5.95 Å². The van der Waals surface area contributed by atoms with Crippen molar-refractivity contribution in [1.82, 2.24) is 15.3 Å². The Morgan fingerprint density at radius 2 is 2.50 bits per heavy atom. The summed E-state index contributed by atoms with van der Waals surface area (Å²) in [6.45, 7) is 4.22. The van der Waals surface area contributed by atoms with Crippen LogP contribution >= 0.6 is 0 Å². The number of nitrogens with one attached hydrogen (secondary N) is 1. The van der Waals surface area contributed by atoms with Crippen LogP contribution in [0.15, 0.2) is 12.3 Å². The molecule has 1 aromatic heterocycles. The van der Waals surface area contributed by atoms with Gasteiger partial charge in [-0.1, -0.05) is 6.92 Å². The van der Waals surface area contributed by atoms with Gasteiger partial charge in [0, 0.05) is 32.4 Å². The van der Waals surface area contributed by atoms with E-state index in [0.29, 0.717) is 6.04 Å². The molecule has 0 amide bonds. The number of hydrogen-bond donors (Lipinski definition) is 1. The number of rotatable bonds is 4. The monoisotopic (exact) mass is 222 g/mol. The van der Waals surface area contributed by atoms with Gasteiger partial charge in [0.25, 0.3) is 0 Å². The summed E-state index contributed by atoms with van der Waals surface area (Å²) in [6.07, 6.45) is 5.32. The SMILES string of the molecule is CCc1ccnc(N2CCC[C@@H]2CNC)n1.[HH]. The van der Waals surface area contributed by atoms with Gasteiger partial charge in [-0.3, -0.25) is 0 Å². The van der Waals surface area contributed by atoms with Crippen LogP contribution < -0.4 is 10.2 Å². The molecule has 4 nitrogen and oxygen atoms in total. The lowest BCUT2D eigenvalue weighted by Gasteiger charge is -2.24. The number of nitrogens with zero attached hydrogens (tertiary/aromatic N) is 3. The Morgan fingerprint density at radius 1 is 1.62 bits per heavy atom. The molecule has 16 heavy (non-hydrogen) atoms. The minimum Gasteiger partial charge on any atom is -0.337 e. The van der Waals surface area contributed by atoms with Gasteiger partial charge in [0.1, 0.15) is 0 Å². The molecule has 0 aliphatic carbocycles. The fraction of sp³-hybridized carbons (Fsp3) is 0.667. The molecule has 4 heteroatoms. The lowest BCUT2D eigenvalue weighted by atomic mass is 10.2. The van der Waals surface area contributed by atoms with E-state index in [1.54, 1.807) is 0 Å². The Balaban J connectivity index is 0.00000144. The number of anilines is 1. The van der Waals surface area contributed by atoms with E-state index < -0.39 is 0 Å². The van der Waals surface area contributed by atoms with E-state index in [9.17, 15) is 0 Å². The van der Waals surface area contributed by atoms with Crippen LogP contribution in [0.3, 0.4) is 0 Å². The lowest BCUT2D eigenvalue weighted by Crippen LogP contribution is -2.37. The first kappa shape index (κ1) is 11.3. The van der Waals surface area contributed by atoms with E-state index in [-0.39, 0.29) is 1.43 Å².